The van der Waals surface area contributed by atoms with Gasteiger partial charge in [-0.3, -0.25) is 0 Å². The second kappa shape index (κ2) is 4.18. The Bertz CT molecular complexity index is 253. The van der Waals surface area contributed by atoms with Crippen molar-refractivity contribution in [1.82, 2.24) is 9.97 Å². The lowest BCUT2D eigenvalue weighted by Gasteiger charge is -2.24. The summed E-state index contributed by atoms with van der Waals surface area (Å²) >= 11 is 3.67. The molecule has 0 aliphatic carbocycles. The van der Waals surface area contributed by atoms with Crippen molar-refractivity contribution in [1.29, 1.82) is 0 Å². The van der Waals surface area contributed by atoms with Crippen LogP contribution in [0, 0.1) is 5.41 Å². The number of hydrogen-bond donors (Lipinski definition) is 0. The molecular formula is C10H15BrN2. The van der Waals surface area contributed by atoms with Crippen molar-refractivity contribution < 1.29 is 0 Å². The molecule has 13 heavy (non-hydrogen) atoms. The molecule has 1 heterocycles. The average Bonchev–Trinajstić information content (AvgIpc) is 2.04. The summed E-state index contributed by atoms with van der Waals surface area (Å²) in [6.07, 6.45) is 4.33. The summed E-state index contributed by atoms with van der Waals surface area (Å²) in [4.78, 5) is 8.53. The van der Waals surface area contributed by atoms with Crippen molar-refractivity contribution in [3.05, 3.63) is 24.3 Å². The van der Waals surface area contributed by atoms with Crippen molar-refractivity contribution in [2.24, 2.45) is 5.41 Å². The van der Waals surface area contributed by atoms with E-state index in [1.54, 1.807) is 12.5 Å². The monoisotopic (exact) mass is 242 g/mol. The molecule has 0 saturated heterocycles. The molecule has 0 fully saturated rings. The molecule has 0 aliphatic rings. The second-order valence-corrected chi connectivity index (χ2v) is 5.34. The highest BCUT2D eigenvalue weighted by molar-refractivity contribution is 9.09. The van der Waals surface area contributed by atoms with Crippen LogP contribution in [-0.2, 0) is 6.42 Å². The summed E-state index contributed by atoms with van der Waals surface area (Å²) in [5.74, 6) is 0. The van der Waals surface area contributed by atoms with E-state index in [1.165, 1.54) is 0 Å². The lowest BCUT2D eigenvalue weighted by molar-refractivity contribution is 0.396. The van der Waals surface area contributed by atoms with Crippen LogP contribution in [-0.4, -0.2) is 14.8 Å². The maximum Gasteiger partial charge on any atom is 0.115 e. The normalized spacial score (nSPS) is 14.2. The van der Waals surface area contributed by atoms with E-state index in [4.69, 9.17) is 0 Å². The van der Waals surface area contributed by atoms with Gasteiger partial charge in [0.05, 0.1) is 0 Å². The van der Waals surface area contributed by atoms with Gasteiger partial charge in [0.2, 0.25) is 0 Å². The van der Waals surface area contributed by atoms with Crippen LogP contribution in [0.4, 0.5) is 0 Å². The van der Waals surface area contributed by atoms with Gasteiger partial charge in [0.1, 0.15) is 6.33 Å². The fourth-order valence-electron chi connectivity index (χ4n) is 0.929. The molecule has 0 spiro atoms. The zero-order valence-corrected chi connectivity index (χ0v) is 9.87. The maximum atomic E-state index is 4.19. The third-order valence-corrected chi connectivity index (χ3v) is 3.67. The van der Waals surface area contributed by atoms with Gasteiger partial charge in [0, 0.05) is 23.1 Å². The van der Waals surface area contributed by atoms with Crippen molar-refractivity contribution >= 4 is 15.9 Å². The maximum absolute atomic E-state index is 4.19. The minimum absolute atomic E-state index is 0.269. The van der Waals surface area contributed by atoms with E-state index in [2.05, 4.69) is 46.7 Å². The van der Waals surface area contributed by atoms with Gasteiger partial charge in [-0.05, 0) is 11.5 Å². The van der Waals surface area contributed by atoms with Crippen LogP contribution in [0.5, 0.6) is 0 Å². The van der Waals surface area contributed by atoms with Gasteiger partial charge in [0.15, 0.2) is 0 Å². The quantitative estimate of drug-likeness (QED) is 0.746. The molecule has 0 radical (unpaired) electrons. The molecule has 72 valence electrons. The summed E-state index contributed by atoms with van der Waals surface area (Å²) in [5.41, 5.74) is 1.36. The topological polar surface area (TPSA) is 25.8 Å². The minimum Gasteiger partial charge on any atom is -0.245 e. The molecule has 1 unspecified atom stereocenters. The Kier molecular flexibility index (Phi) is 3.42. The third-order valence-electron chi connectivity index (χ3n) is 1.97. The van der Waals surface area contributed by atoms with Crippen molar-refractivity contribution in [2.75, 3.05) is 0 Å². The molecule has 3 heteroatoms. The summed E-state index contributed by atoms with van der Waals surface area (Å²) < 4.78 is 0. The van der Waals surface area contributed by atoms with Crippen molar-refractivity contribution in [3.8, 4) is 0 Å². The summed E-state index contributed by atoms with van der Waals surface area (Å²) in [7, 11) is 0. The Morgan fingerprint density at radius 2 is 2.15 bits per heavy atom. The van der Waals surface area contributed by atoms with Gasteiger partial charge in [-0.15, -0.1) is 0 Å². The SMILES string of the molecule is CC(C)(C)C(Br)Cc1ccncn1. The molecule has 0 saturated carbocycles. The number of aromatic nitrogens is 2. The molecule has 0 amide bonds. The Morgan fingerprint density at radius 1 is 1.46 bits per heavy atom. The highest BCUT2D eigenvalue weighted by Gasteiger charge is 2.22. The molecular weight excluding hydrogens is 228 g/mol. The average molecular weight is 243 g/mol. The molecule has 0 aromatic carbocycles. The van der Waals surface area contributed by atoms with Crippen LogP contribution in [0.3, 0.4) is 0 Å². The Morgan fingerprint density at radius 3 is 2.62 bits per heavy atom. The van der Waals surface area contributed by atoms with Crippen molar-refractivity contribution in [3.63, 3.8) is 0 Å². The van der Waals surface area contributed by atoms with Gasteiger partial charge >= 0.3 is 0 Å². The smallest absolute Gasteiger partial charge is 0.115 e. The van der Waals surface area contributed by atoms with E-state index in [9.17, 15) is 0 Å². The van der Waals surface area contributed by atoms with E-state index < -0.39 is 0 Å². The molecule has 0 N–H and O–H groups in total. The number of hydrogen-bond acceptors (Lipinski definition) is 2. The Balaban J connectivity index is 2.61. The van der Waals surface area contributed by atoms with Gasteiger partial charge in [-0.25, -0.2) is 9.97 Å². The fraction of sp³-hybridized carbons (Fsp3) is 0.600. The summed E-state index contributed by atoms with van der Waals surface area (Å²) in [6, 6.07) is 1.96. The predicted octanol–water partition coefficient (Wildman–Crippen LogP) is 2.83. The van der Waals surface area contributed by atoms with Crippen LogP contribution in [0.1, 0.15) is 26.5 Å². The highest BCUT2D eigenvalue weighted by Crippen LogP contribution is 2.28. The number of alkyl halides is 1. The van der Waals surface area contributed by atoms with E-state index in [-0.39, 0.29) is 5.41 Å². The van der Waals surface area contributed by atoms with Crippen LogP contribution in [0.25, 0.3) is 0 Å². The standard InChI is InChI=1S/C10H15BrN2/c1-10(2,3)9(11)6-8-4-5-12-7-13-8/h4-5,7,9H,6H2,1-3H3. The molecule has 1 aromatic heterocycles. The number of rotatable bonds is 2. The van der Waals surface area contributed by atoms with Gasteiger partial charge in [0.25, 0.3) is 0 Å². The molecule has 2 nitrogen and oxygen atoms in total. The second-order valence-electron chi connectivity index (χ2n) is 4.24. The first-order valence-corrected chi connectivity index (χ1v) is 5.30. The van der Waals surface area contributed by atoms with E-state index >= 15 is 0 Å². The summed E-state index contributed by atoms with van der Waals surface area (Å²) in [5, 5.41) is 0. The van der Waals surface area contributed by atoms with Crippen LogP contribution in [0.15, 0.2) is 18.6 Å². The summed E-state index contributed by atoms with van der Waals surface area (Å²) in [6.45, 7) is 6.65. The number of halogens is 1. The lowest BCUT2D eigenvalue weighted by atomic mass is 9.89. The zero-order valence-electron chi connectivity index (χ0n) is 8.29. The first-order valence-electron chi connectivity index (χ1n) is 4.39. The predicted molar refractivity (Wildman–Crippen MR) is 57.9 cm³/mol. The van der Waals surface area contributed by atoms with Crippen LogP contribution < -0.4 is 0 Å². The highest BCUT2D eigenvalue weighted by atomic mass is 79.9. The third kappa shape index (κ3) is 3.43. The van der Waals surface area contributed by atoms with E-state index in [1.807, 2.05) is 6.07 Å². The molecule has 0 aliphatic heterocycles. The lowest BCUT2D eigenvalue weighted by Crippen LogP contribution is -2.22. The van der Waals surface area contributed by atoms with E-state index in [0.29, 0.717) is 4.83 Å². The van der Waals surface area contributed by atoms with Gasteiger partial charge in [-0.1, -0.05) is 36.7 Å². The van der Waals surface area contributed by atoms with Crippen LogP contribution in [0.2, 0.25) is 0 Å². The molecule has 1 atom stereocenters. The first-order chi connectivity index (χ1) is 6.00. The van der Waals surface area contributed by atoms with E-state index in [0.717, 1.165) is 12.1 Å². The largest absolute Gasteiger partial charge is 0.245 e. The number of nitrogens with zero attached hydrogens (tertiary/aromatic N) is 2. The van der Waals surface area contributed by atoms with Crippen LogP contribution >= 0.6 is 15.9 Å². The fourth-order valence-corrected chi connectivity index (χ4v) is 1.26. The molecule has 1 aromatic rings. The minimum atomic E-state index is 0.269. The Hall–Kier alpha value is -0.440. The van der Waals surface area contributed by atoms with Gasteiger partial charge < -0.3 is 0 Å². The Labute approximate surface area is 87.9 Å². The molecule has 1 rings (SSSR count). The first kappa shape index (κ1) is 10.6. The zero-order chi connectivity index (χ0) is 9.90. The van der Waals surface area contributed by atoms with Gasteiger partial charge in [-0.2, -0.15) is 0 Å². The van der Waals surface area contributed by atoms with Crippen molar-refractivity contribution in [2.45, 2.75) is 32.0 Å². The molecule has 0 bridgehead atoms.